The summed E-state index contributed by atoms with van der Waals surface area (Å²) in [4.78, 5) is 0. The van der Waals surface area contributed by atoms with Crippen molar-refractivity contribution >= 4 is 11.6 Å². The molecule has 106 valence electrons. The number of benzene rings is 2. The first-order valence-corrected chi connectivity index (χ1v) is 7.10. The Labute approximate surface area is 125 Å². The van der Waals surface area contributed by atoms with E-state index in [0.29, 0.717) is 16.7 Å². The third kappa shape index (κ3) is 3.53. The van der Waals surface area contributed by atoms with Gasteiger partial charge >= 0.3 is 0 Å². The topological polar surface area (TPSA) is 29.5 Å². The van der Waals surface area contributed by atoms with E-state index < -0.39 is 6.10 Å². The molecule has 0 amide bonds. The van der Waals surface area contributed by atoms with Crippen LogP contribution in [0.2, 0.25) is 5.02 Å². The third-order valence-electron chi connectivity index (χ3n) is 3.21. The minimum absolute atomic E-state index is 0.497. The maximum Gasteiger partial charge on any atom is 0.146 e. The first-order valence-electron chi connectivity index (χ1n) is 6.72. The highest BCUT2D eigenvalue weighted by Gasteiger charge is 2.08. The van der Waals surface area contributed by atoms with E-state index in [-0.39, 0.29) is 0 Å². The van der Waals surface area contributed by atoms with Gasteiger partial charge in [0.15, 0.2) is 0 Å². The molecule has 2 aromatic carbocycles. The second-order valence-corrected chi connectivity index (χ2v) is 5.60. The Morgan fingerprint density at radius 3 is 2.05 bits per heavy atom. The van der Waals surface area contributed by atoms with E-state index in [4.69, 9.17) is 16.3 Å². The molecular formula is C17H19ClO2. The van der Waals surface area contributed by atoms with Crippen LogP contribution in [0.25, 0.3) is 0 Å². The summed E-state index contributed by atoms with van der Waals surface area (Å²) in [5, 5.41) is 10.0. The second kappa shape index (κ2) is 6.29. The van der Waals surface area contributed by atoms with Crippen LogP contribution in [0, 0.1) is 0 Å². The Kier molecular flexibility index (Phi) is 4.69. The molecule has 1 atom stereocenters. The highest BCUT2D eigenvalue weighted by atomic mass is 35.5. The monoisotopic (exact) mass is 290 g/mol. The number of hydrogen-bond donors (Lipinski definition) is 1. The molecular weight excluding hydrogens is 272 g/mol. The van der Waals surface area contributed by atoms with Gasteiger partial charge in [0, 0.05) is 0 Å². The molecule has 2 nitrogen and oxygen atoms in total. The fourth-order valence-corrected chi connectivity index (χ4v) is 2.14. The van der Waals surface area contributed by atoms with Gasteiger partial charge in [-0.2, -0.15) is 0 Å². The first kappa shape index (κ1) is 14.9. The highest BCUT2D eigenvalue weighted by Crippen LogP contribution is 2.32. The molecule has 1 unspecified atom stereocenters. The smallest absolute Gasteiger partial charge is 0.146 e. The fraction of sp³-hybridized carbons (Fsp3) is 0.294. The maximum absolute atomic E-state index is 9.51. The van der Waals surface area contributed by atoms with Gasteiger partial charge < -0.3 is 9.84 Å². The van der Waals surface area contributed by atoms with E-state index in [1.165, 1.54) is 5.56 Å². The molecule has 2 rings (SSSR count). The lowest BCUT2D eigenvalue weighted by Crippen LogP contribution is -1.92. The maximum atomic E-state index is 9.51. The Hall–Kier alpha value is -1.51. The fourth-order valence-electron chi connectivity index (χ4n) is 1.91. The SMILES string of the molecule is CC(C)c1ccc(Oc2ccc(C(C)O)cc2Cl)cc1. The minimum Gasteiger partial charge on any atom is -0.456 e. The molecule has 0 saturated heterocycles. The normalized spacial score (nSPS) is 12.5. The van der Waals surface area contributed by atoms with Gasteiger partial charge in [0.25, 0.3) is 0 Å². The quantitative estimate of drug-likeness (QED) is 0.827. The van der Waals surface area contributed by atoms with E-state index >= 15 is 0 Å². The van der Waals surface area contributed by atoms with Crippen LogP contribution in [0.4, 0.5) is 0 Å². The number of hydrogen-bond acceptors (Lipinski definition) is 2. The van der Waals surface area contributed by atoms with Gasteiger partial charge in [-0.15, -0.1) is 0 Å². The lowest BCUT2D eigenvalue weighted by atomic mass is 10.0. The molecule has 0 bridgehead atoms. The van der Waals surface area contributed by atoms with E-state index in [0.717, 1.165) is 11.3 Å². The zero-order valence-corrected chi connectivity index (χ0v) is 12.7. The molecule has 0 saturated carbocycles. The van der Waals surface area contributed by atoms with Crippen molar-refractivity contribution in [3.8, 4) is 11.5 Å². The molecule has 0 aliphatic rings. The zero-order valence-electron chi connectivity index (χ0n) is 11.9. The molecule has 0 radical (unpaired) electrons. The number of halogens is 1. The molecule has 2 aromatic rings. The van der Waals surface area contributed by atoms with Crippen LogP contribution in [0.1, 0.15) is 43.9 Å². The van der Waals surface area contributed by atoms with E-state index in [1.807, 2.05) is 18.2 Å². The van der Waals surface area contributed by atoms with Crippen molar-refractivity contribution in [1.29, 1.82) is 0 Å². The van der Waals surface area contributed by atoms with Gasteiger partial charge in [0.1, 0.15) is 11.5 Å². The average Bonchev–Trinajstić information content (AvgIpc) is 2.41. The molecule has 0 spiro atoms. The summed E-state index contributed by atoms with van der Waals surface area (Å²) in [7, 11) is 0. The van der Waals surface area contributed by atoms with Gasteiger partial charge in [-0.3, -0.25) is 0 Å². The standard InChI is InChI=1S/C17H19ClO2/c1-11(2)13-4-7-15(8-5-13)20-17-9-6-14(12(3)19)10-16(17)18/h4-12,19H,1-3H3. The summed E-state index contributed by atoms with van der Waals surface area (Å²) >= 11 is 6.17. The summed E-state index contributed by atoms with van der Waals surface area (Å²) in [6.45, 7) is 6.01. The zero-order chi connectivity index (χ0) is 14.7. The third-order valence-corrected chi connectivity index (χ3v) is 3.51. The average molecular weight is 291 g/mol. The van der Waals surface area contributed by atoms with Gasteiger partial charge in [0.2, 0.25) is 0 Å². The van der Waals surface area contributed by atoms with Crippen molar-refractivity contribution in [2.45, 2.75) is 32.8 Å². The highest BCUT2D eigenvalue weighted by molar-refractivity contribution is 6.32. The molecule has 1 N–H and O–H groups in total. The van der Waals surface area contributed by atoms with Crippen molar-refractivity contribution in [3.05, 3.63) is 58.6 Å². The molecule has 20 heavy (non-hydrogen) atoms. The molecule has 0 aliphatic heterocycles. The van der Waals surface area contributed by atoms with Crippen molar-refractivity contribution in [2.24, 2.45) is 0 Å². The number of aliphatic hydroxyl groups is 1. The minimum atomic E-state index is -0.535. The van der Waals surface area contributed by atoms with Crippen LogP contribution in [-0.2, 0) is 0 Å². The molecule has 0 heterocycles. The van der Waals surface area contributed by atoms with Crippen molar-refractivity contribution in [2.75, 3.05) is 0 Å². The van der Waals surface area contributed by atoms with E-state index in [9.17, 15) is 5.11 Å². The Balaban J connectivity index is 2.17. The predicted octanol–water partition coefficient (Wildman–Crippen LogP) is 5.31. The number of ether oxygens (including phenoxy) is 1. The van der Waals surface area contributed by atoms with Crippen LogP contribution >= 0.6 is 11.6 Å². The van der Waals surface area contributed by atoms with Crippen LogP contribution < -0.4 is 4.74 Å². The Morgan fingerprint density at radius 1 is 0.950 bits per heavy atom. The Morgan fingerprint density at radius 2 is 1.55 bits per heavy atom. The Bertz CT molecular complexity index is 574. The van der Waals surface area contributed by atoms with Crippen molar-refractivity contribution in [1.82, 2.24) is 0 Å². The molecule has 0 aliphatic carbocycles. The van der Waals surface area contributed by atoms with Gasteiger partial charge in [-0.05, 0) is 48.2 Å². The molecule has 0 fully saturated rings. The largest absolute Gasteiger partial charge is 0.456 e. The summed E-state index contributed by atoms with van der Waals surface area (Å²) in [6, 6.07) is 13.3. The summed E-state index contributed by atoms with van der Waals surface area (Å²) in [6.07, 6.45) is -0.535. The van der Waals surface area contributed by atoms with Gasteiger partial charge in [0.05, 0.1) is 11.1 Å². The van der Waals surface area contributed by atoms with Crippen molar-refractivity contribution < 1.29 is 9.84 Å². The van der Waals surface area contributed by atoms with Crippen LogP contribution in [0.3, 0.4) is 0 Å². The number of rotatable bonds is 4. The molecule has 0 aromatic heterocycles. The summed E-state index contributed by atoms with van der Waals surface area (Å²) in [5.74, 6) is 1.84. The second-order valence-electron chi connectivity index (χ2n) is 5.19. The van der Waals surface area contributed by atoms with Crippen LogP contribution in [-0.4, -0.2) is 5.11 Å². The summed E-state index contributed by atoms with van der Waals surface area (Å²) in [5.41, 5.74) is 2.05. The van der Waals surface area contributed by atoms with E-state index in [2.05, 4.69) is 26.0 Å². The van der Waals surface area contributed by atoms with Gasteiger partial charge in [-0.25, -0.2) is 0 Å². The number of aliphatic hydroxyl groups excluding tert-OH is 1. The van der Waals surface area contributed by atoms with Crippen LogP contribution in [0.5, 0.6) is 11.5 Å². The summed E-state index contributed by atoms with van der Waals surface area (Å²) < 4.78 is 5.77. The molecule has 3 heteroatoms. The van der Waals surface area contributed by atoms with Gasteiger partial charge in [-0.1, -0.05) is 43.6 Å². The lowest BCUT2D eigenvalue weighted by Gasteiger charge is -2.11. The first-order chi connectivity index (χ1) is 9.47. The predicted molar refractivity (Wildman–Crippen MR) is 82.7 cm³/mol. The lowest BCUT2D eigenvalue weighted by molar-refractivity contribution is 0.199. The van der Waals surface area contributed by atoms with Crippen molar-refractivity contribution in [3.63, 3.8) is 0 Å². The van der Waals surface area contributed by atoms with E-state index in [1.54, 1.807) is 19.1 Å². The van der Waals surface area contributed by atoms with Crippen LogP contribution in [0.15, 0.2) is 42.5 Å².